The normalized spacial score (nSPS) is 11.7. The topological polar surface area (TPSA) is 81.7 Å². The summed E-state index contributed by atoms with van der Waals surface area (Å²) in [5, 5.41) is 2.31. The minimum atomic E-state index is -2.35. The number of carbonyl (C=O) groups excluding carboxylic acids is 2. The van der Waals surface area contributed by atoms with Gasteiger partial charge in [-0.15, -0.1) is 0 Å². The van der Waals surface area contributed by atoms with E-state index in [1.165, 1.54) is 13.2 Å². The van der Waals surface area contributed by atoms with Crippen molar-refractivity contribution >= 4 is 19.2 Å². The van der Waals surface area contributed by atoms with Gasteiger partial charge in [-0.05, 0) is 25.0 Å². The highest BCUT2D eigenvalue weighted by Gasteiger charge is 2.16. The van der Waals surface area contributed by atoms with Crippen LogP contribution in [-0.2, 0) is 25.4 Å². The van der Waals surface area contributed by atoms with Crippen molar-refractivity contribution in [1.29, 1.82) is 0 Å². The highest BCUT2D eigenvalue weighted by Crippen LogP contribution is 2.35. The van der Waals surface area contributed by atoms with Crippen molar-refractivity contribution < 1.29 is 23.6 Å². The van der Waals surface area contributed by atoms with Crippen LogP contribution in [0, 0.1) is 0 Å². The lowest BCUT2D eigenvalue weighted by molar-refractivity contribution is -0.136. The number of hydrogen-bond acceptors (Lipinski definition) is 5. The highest BCUT2D eigenvalue weighted by atomic mass is 31.2. The highest BCUT2D eigenvalue weighted by molar-refractivity contribution is 7.62. The number of nitrogens with one attached hydrogen (secondary N) is 1. The second-order valence-electron chi connectivity index (χ2n) is 5.05. The second-order valence-corrected chi connectivity index (χ2v) is 8.57. The van der Waals surface area contributed by atoms with E-state index < -0.39 is 19.2 Å². The Bertz CT molecular complexity index is 591. The van der Waals surface area contributed by atoms with Gasteiger partial charge in [0.1, 0.15) is 12.3 Å². The van der Waals surface area contributed by atoms with E-state index in [2.05, 4.69) is 10.1 Å². The van der Waals surface area contributed by atoms with Crippen LogP contribution in [0.3, 0.4) is 0 Å². The molecule has 120 valence electrons. The number of rotatable bonds is 6. The average Bonchev–Trinajstić information content (AvgIpc) is 2.48. The number of allylic oxidation sites excluding steroid dienone is 1. The maximum absolute atomic E-state index is 11.7. The maximum atomic E-state index is 11.7. The lowest BCUT2D eigenvalue weighted by Gasteiger charge is -2.10. The van der Waals surface area contributed by atoms with Crippen molar-refractivity contribution in [2.45, 2.75) is 6.61 Å². The van der Waals surface area contributed by atoms with E-state index >= 15 is 0 Å². The molecular weight excluding hydrogens is 305 g/mol. The number of ether oxygens (including phenoxy) is 2. The summed E-state index contributed by atoms with van der Waals surface area (Å²) >= 11 is 0. The number of carbonyl (C=O) groups is 2. The van der Waals surface area contributed by atoms with Gasteiger partial charge in [-0.25, -0.2) is 9.59 Å². The average molecular weight is 325 g/mol. The van der Waals surface area contributed by atoms with Gasteiger partial charge in [0.25, 0.3) is 0 Å². The summed E-state index contributed by atoms with van der Waals surface area (Å²) in [6.45, 7) is 3.26. The van der Waals surface area contributed by atoms with Crippen molar-refractivity contribution in [2.75, 3.05) is 26.6 Å². The predicted molar refractivity (Wildman–Crippen MR) is 84.2 cm³/mol. The Morgan fingerprint density at radius 3 is 2.41 bits per heavy atom. The van der Waals surface area contributed by atoms with Crippen LogP contribution in [0.4, 0.5) is 4.79 Å². The van der Waals surface area contributed by atoms with Gasteiger partial charge in [0.2, 0.25) is 0 Å². The van der Waals surface area contributed by atoms with Crippen molar-refractivity contribution in [3.63, 3.8) is 0 Å². The van der Waals surface area contributed by atoms with Crippen LogP contribution < -0.4 is 5.32 Å². The number of esters is 1. The number of benzene rings is 1. The molecule has 1 aromatic carbocycles. The Balaban J connectivity index is 2.63. The summed E-state index contributed by atoms with van der Waals surface area (Å²) in [5.41, 5.74) is 0.748. The molecule has 0 aliphatic heterocycles. The maximum Gasteiger partial charge on any atom is 0.412 e. The SMILES string of the molecule is COC(=O)/C(=C/CP(C)(C)=O)NC(=O)OCc1ccccc1. The molecule has 0 saturated heterocycles. The number of alkyl carbamates (subject to hydrolysis) is 1. The molecule has 1 aromatic rings. The van der Waals surface area contributed by atoms with Crippen LogP contribution in [0.1, 0.15) is 5.56 Å². The van der Waals surface area contributed by atoms with Gasteiger partial charge in [-0.1, -0.05) is 30.3 Å². The zero-order chi connectivity index (χ0) is 16.6. The van der Waals surface area contributed by atoms with E-state index in [0.717, 1.165) is 5.56 Å². The molecule has 7 heteroatoms. The molecule has 0 saturated carbocycles. The molecule has 0 aliphatic carbocycles. The standard InChI is InChI=1S/C15H20NO5P/c1-20-14(17)13(9-10-22(2,3)19)16-15(18)21-11-12-7-5-4-6-8-12/h4-9H,10-11H2,1-3H3,(H,16,18)/b13-9-. The first-order chi connectivity index (χ1) is 10.3. The predicted octanol–water partition coefficient (Wildman–Crippen LogP) is 2.59. The fourth-order valence-electron chi connectivity index (χ4n) is 1.48. The van der Waals surface area contributed by atoms with Gasteiger partial charge < -0.3 is 14.0 Å². The lowest BCUT2D eigenvalue weighted by Crippen LogP contribution is -2.29. The fourth-order valence-corrected chi connectivity index (χ4v) is 2.10. The molecule has 0 fully saturated rings. The molecule has 0 bridgehead atoms. The van der Waals surface area contributed by atoms with Gasteiger partial charge in [0.15, 0.2) is 0 Å². The molecule has 0 aromatic heterocycles. The molecule has 0 atom stereocenters. The molecule has 0 radical (unpaired) electrons. The van der Waals surface area contributed by atoms with E-state index in [-0.39, 0.29) is 18.5 Å². The van der Waals surface area contributed by atoms with Gasteiger partial charge in [0.05, 0.1) is 14.3 Å². The summed E-state index contributed by atoms with van der Waals surface area (Å²) in [6.07, 6.45) is 0.787. The van der Waals surface area contributed by atoms with E-state index in [1.807, 2.05) is 30.3 Å². The minimum absolute atomic E-state index is 0.0792. The molecule has 0 unspecified atom stereocenters. The zero-order valence-electron chi connectivity index (χ0n) is 12.9. The van der Waals surface area contributed by atoms with E-state index in [4.69, 9.17) is 4.74 Å². The first-order valence-corrected chi connectivity index (χ1v) is 9.40. The smallest absolute Gasteiger partial charge is 0.412 e. The third-order valence-electron chi connectivity index (χ3n) is 2.59. The van der Waals surface area contributed by atoms with Crippen molar-refractivity contribution in [3.05, 3.63) is 47.7 Å². The number of methoxy groups -OCH3 is 1. The van der Waals surface area contributed by atoms with Crippen LogP contribution in [0.5, 0.6) is 0 Å². The Morgan fingerprint density at radius 1 is 1.23 bits per heavy atom. The van der Waals surface area contributed by atoms with Crippen LogP contribution in [0.25, 0.3) is 0 Å². The van der Waals surface area contributed by atoms with Crippen LogP contribution in [0.15, 0.2) is 42.1 Å². The van der Waals surface area contributed by atoms with E-state index in [9.17, 15) is 14.2 Å². The zero-order valence-corrected chi connectivity index (χ0v) is 13.8. The Kier molecular flexibility index (Phi) is 6.86. The van der Waals surface area contributed by atoms with E-state index in [1.54, 1.807) is 13.3 Å². The summed E-state index contributed by atoms with van der Waals surface area (Å²) in [7, 11) is -1.15. The molecule has 0 spiro atoms. The Morgan fingerprint density at radius 2 is 1.86 bits per heavy atom. The van der Waals surface area contributed by atoms with Crippen LogP contribution in [0.2, 0.25) is 0 Å². The first-order valence-electron chi connectivity index (χ1n) is 6.62. The third-order valence-corrected chi connectivity index (χ3v) is 3.65. The number of hydrogen-bond donors (Lipinski definition) is 1. The minimum Gasteiger partial charge on any atom is -0.464 e. The van der Waals surface area contributed by atoms with Crippen molar-refractivity contribution in [1.82, 2.24) is 5.32 Å². The molecule has 1 N–H and O–H groups in total. The first kappa shape index (κ1) is 18.0. The molecule has 6 nitrogen and oxygen atoms in total. The quantitative estimate of drug-likeness (QED) is 0.494. The summed E-state index contributed by atoms with van der Waals surface area (Å²) < 4.78 is 21.3. The third kappa shape index (κ3) is 7.09. The molecule has 0 aliphatic rings. The Labute approximate surface area is 129 Å². The molecule has 1 amide bonds. The molecule has 0 heterocycles. The molecule has 22 heavy (non-hydrogen) atoms. The van der Waals surface area contributed by atoms with E-state index in [0.29, 0.717) is 0 Å². The van der Waals surface area contributed by atoms with Crippen LogP contribution in [-0.4, -0.2) is 38.7 Å². The summed E-state index contributed by atoms with van der Waals surface area (Å²) in [6, 6.07) is 9.14. The fraction of sp³-hybridized carbons (Fsp3) is 0.333. The largest absolute Gasteiger partial charge is 0.464 e. The monoisotopic (exact) mass is 325 g/mol. The van der Waals surface area contributed by atoms with Crippen molar-refractivity contribution in [2.24, 2.45) is 0 Å². The van der Waals surface area contributed by atoms with Crippen LogP contribution >= 0.6 is 7.14 Å². The lowest BCUT2D eigenvalue weighted by atomic mass is 10.2. The van der Waals surface area contributed by atoms with Gasteiger partial charge >= 0.3 is 12.1 Å². The summed E-state index contributed by atoms with van der Waals surface area (Å²) in [5.74, 6) is -0.717. The Hall–Kier alpha value is -2.07. The summed E-state index contributed by atoms with van der Waals surface area (Å²) in [4.78, 5) is 23.3. The van der Waals surface area contributed by atoms with Crippen molar-refractivity contribution in [3.8, 4) is 0 Å². The van der Waals surface area contributed by atoms with Gasteiger partial charge in [-0.3, -0.25) is 5.32 Å². The number of amides is 1. The molecular formula is C15H20NO5P. The van der Waals surface area contributed by atoms with Gasteiger partial charge in [-0.2, -0.15) is 0 Å². The van der Waals surface area contributed by atoms with Gasteiger partial charge in [0, 0.05) is 6.16 Å². The second kappa shape index (κ2) is 8.39. The molecule has 1 rings (SSSR count).